The fourth-order valence-corrected chi connectivity index (χ4v) is 2.18. The maximum Gasteiger partial charge on any atom is 0.239 e. The molecular weight excluding hydrogens is 295 g/mol. The zero-order valence-corrected chi connectivity index (χ0v) is 12.3. The molecule has 0 aliphatic rings. The summed E-state index contributed by atoms with van der Waals surface area (Å²) in [6, 6.07) is 13.6. The number of para-hydroxylation sites is 1. The van der Waals surface area contributed by atoms with E-state index in [4.69, 9.17) is 0 Å². The molecule has 0 aliphatic heterocycles. The van der Waals surface area contributed by atoms with E-state index in [0.29, 0.717) is 12.4 Å². The number of hydrogen-bond acceptors (Lipinski definition) is 4. The Balaban J connectivity index is 1.57. The maximum absolute atomic E-state index is 12.8. The molecule has 23 heavy (non-hydrogen) atoms. The zero-order valence-electron chi connectivity index (χ0n) is 12.3. The Bertz CT molecular complexity index is 815. The maximum atomic E-state index is 12.8. The first-order valence-corrected chi connectivity index (χ1v) is 7.17. The van der Waals surface area contributed by atoms with Gasteiger partial charge in [0.05, 0.1) is 12.1 Å². The normalized spacial score (nSPS) is 10.5. The van der Waals surface area contributed by atoms with Crippen molar-refractivity contribution in [1.82, 2.24) is 15.3 Å². The van der Waals surface area contributed by atoms with Gasteiger partial charge in [0.2, 0.25) is 5.91 Å². The summed E-state index contributed by atoms with van der Waals surface area (Å²) < 4.78 is 12.8. The second kappa shape index (κ2) is 6.83. The number of halogens is 1. The first kappa shape index (κ1) is 14.9. The van der Waals surface area contributed by atoms with Gasteiger partial charge in [-0.25, -0.2) is 14.4 Å². The van der Waals surface area contributed by atoms with Crippen molar-refractivity contribution < 1.29 is 9.18 Å². The van der Waals surface area contributed by atoms with Crippen LogP contribution in [-0.4, -0.2) is 22.4 Å². The van der Waals surface area contributed by atoms with Gasteiger partial charge in [0.15, 0.2) is 0 Å². The quantitative estimate of drug-likeness (QED) is 0.760. The Kier molecular flexibility index (Phi) is 4.42. The summed E-state index contributed by atoms with van der Waals surface area (Å²) in [5.41, 5.74) is 1.66. The van der Waals surface area contributed by atoms with Crippen molar-refractivity contribution in [2.24, 2.45) is 0 Å². The van der Waals surface area contributed by atoms with Crippen LogP contribution in [0.15, 0.2) is 54.9 Å². The van der Waals surface area contributed by atoms with E-state index in [0.717, 1.165) is 16.5 Å². The van der Waals surface area contributed by atoms with Crippen LogP contribution >= 0.6 is 0 Å². The third-order valence-electron chi connectivity index (χ3n) is 3.36. The van der Waals surface area contributed by atoms with Crippen LogP contribution < -0.4 is 10.6 Å². The van der Waals surface area contributed by atoms with Gasteiger partial charge in [-0.1, -0.05) is 24.3 Å². The molecular formula is C17H15FN4O. The highest BCUT2D eigenvalue weighted by atomic mass is 19.1. The molecule has 0 unspecified atom stereocenters. The summed E-state index contributed by atoms with van der Waals surface area (Å²) in [5.74, 6) is 0.155. The van der Waals surface area contributed by atoms with Crippen LogP contribution in [0.2, 0.25) is 0 Å². The molecule has 2 aromatic carbocycles. The summed E-state index contributed by atoms with van der Waals surface area (Å²) in [5, 5.41) is 6.64. The van der Waals surface area contributed by atoms with Crippen molar-refractivity contribution in [3.05, 3.63) is 66.2 Å². The first-order valence-electron chi connectivity index (χ1n) is 7.17. The summed E-state index contributed by atoms with van der Waals surface area (Å²) in [6.07, 6.45) is 1.46. The SMILES string of the molecule is O=C(CNc1ncnc2ccccc12)NCc1ccc(F)cc1. The standard InChI is InChI=1S/C17H15FN4O/c18-13-7-5-12(6-8-13)9-19-16(23)10-20-17-14-3-1-2-4-15(14)21-11-22-17/h1-8,11H,9-10H2,(H,19,23)(H,20,21,22). The van der Waals surface area contributed by atoms with E-state index in [-0.39, 0.29) is 18.3 Å². The lowest BCUT2D eigenvalue weighted by Crippen LogP contribution is -2.29. The minimum Gasteiger partial charge on any atom is -0.360 e. The number of aromatic nitrogens is 2. The van der Waals surface area contributed by atoms with Crippen LogP contribution in [0.3, 0.4) is 0 Å². The van der Waals surface area contributed by atoms with Gasteiger partial charge in [0.1, 0.15) is 18.0 Å². The van der Waals surface area contributed by atoms with Crippen LogP contribution in [0.25, 0.3) is 10.9 Å². The largest absolute Gasteiger partial charge is 0.360 e. The molecule has 0 saturated heterocycles. The van der Waals surface area contributed by atoms with Crippen LogP contribution in [-0.2, 0) is 11.3 Å². The molecule has 0 atom stereocenters. The fraction of sp³-hybridized carbons (Fsp3) is 0.118. The number of hydrogen-bond donors (Lipinski definition) is 2. The van der Waals surface area contributed by atoms with Gasteiger partial charge in [-0.3, -0.25) is 4.79 Å². The lowest BCUT2D eigenvalue weighted by molar-refractivity contribution is -0.119. The van der Waals surface area contributed by atoms with Gasteiger partial charge >= 0.3 is 0 Å². The first-order chi connectivity index (χ1) is 11.2. The Hall–Kier alpha value is -3.02. The van der Waals surface area contributed by atoms with Crippen molar-refractivity contribution in [3.63, 3.8) is 0 Å². The smallest absolute Gasteiger partial charge is 0.239 e. The van der Waals surface area contributed by atoms with Crippen molar-refractivity contribution in [1.29, 1.82) is 0 Å². The van der Waals surface area contributed by atoms with Gasteiger partial charge in [0, 0.05) is 11.9 Å². The highest BCUT2D eigenvalue weighted by Gasteiger charge is 2.05. The van der Waals surface area contributed by atoms with Crippen molar-refractivity contribution in [2.45, 2.75) is 6.54 Å². The molecule has 3 aromatic rings. The van der Waals surface area contributed by atoms with E-state index in [1.807, 2.05) is 24.3 Å². The van der Waals surface area contributed by atoms with Crippen LogP contribution in [0, 0.1) is 5.82 Å². The van der Waals surface area contributed by atoms with Gasteiger partial charge in [-0.05, 0) is 29.8 Å². The average molecular weight is 310 g/mol. The molecule has 5 nitrogen and oxygen atoms in total. The monoisotopic (exact) mass is 310 g/mol. The Morgan fingerprint density at radius 1 is 1.04 bits per heavy atom. The molecule has 3 rings (SSSR count). The van der Waals surface area contributed by atoms with Crippen molar-refractivity contribution in [3.8, 4) is 0 Å². The summed E-state index contributed by atoms with van der Waals surface area (Å²) in [6.45, 7) is 0.452. The van der Waals surface area contributed by atoms with E-state index in [2.05, 4.69) is 20.6 Å². The van der Waals surface area contributed by atoms with Crippen molar-refractivity contribution in [2.75, 3.05) is 11.9 Å². The minimum atomic E-state index is -0.294. The molecule has 6 heteroatoms. The highest BCUT2D eigenvalue weighted by Crippen LogP contribution is 2.17. The number of fused-ring (bicyclic) bond motifs is 1. The molecule has 0 spiro atoms. The Labute approximate surface area is 132 Å². The molecule has 0 radical (unpaired) electrons. The van der Waals surface area contributed by atoms with Crippen LogP contribution in [0.4, 0.5) is 10.2 Å². The predicted octanol–water partition coefficient (Wildman–Crippen LogP) is 2.50. The number of nitrogens with one attached hydrogen (secondary N) is 2. The number of anilines is 1. The zero-order chi connectivity index (χ0) is 16.1. The Morgan fingerprint density at radius 2 is 1.83 bits per heavy atom. The number of carbonyl (C=O) groups is 1. The molecule has 1 amide bonds. The van der Waals surface area contributed by atoms with Crippen molar-refractivity contribution >= 4 is 22.6 Å². The topological polar surface area (TPSA) is 66.9 Å². The van der Waals surface area contributed by atoms with Gasteiger partial charge in [0.25, 0.3) is 0 Å². The summed E-state index contributed by atoms with van der Waals surface area (Å²) in [4.78, 5) is 20.2. The molecule has 0 bridgehead atoms. The number of nitrogens with zero attached hydrogens (tertiary/aromatic N) is 2. The highest BCUT2D eigenvalue weighted by molar-refractivity contribution is 5.90. The van der Waals surface area contributed by atoms with Gasteiger partial charge in [-0.2, -0.15) is 0 Å². The summed E-state index contributed by atoms with van der Waals surface area (Å²) in [7, 11) is 0. The molecule has 0 fully saturated rings. The predicted molar refractivity (Wildman–Crippen MR) is 86.3 cm³/mol. The van der Waals surface area contributed by atoms with E-state index < -0.39 is 0 Å². The summed E-state index contributed by atoms with van der Waals surface area (Å²) >= 11 is 0. The fourth-order valence-electron chi connectivity index (χ4n) is 2.18. The van der Waals surface area contributed by atoms with E-state index in [1.165, 1.54) is 18.5 Å². The lowest BCUT2D eigenvalue weighted by Gasteiger charge is -2.09. The second-order valence-corrected chi connectivity index (χ2v) is 5.00. The third kappa shape index (κ3) is 3.79. The van der Waals surface area contributed by atoms with Crippen LogP contribution in [0.5, 0.6) is 0 Å². The second-order valence-electron chi connectivity index (χ2n) is 5.00. The molecule has 2 N–H and O–H groups in total. The van der Waals surface area contributed by atoms with Gasteiger partial charge < -0.3 is 10.6 Å². The lowest BCUT2D eigenvalue weighted by atomic mass is 10.2. The van der Waals surface area contributed by atoms with E-state index in [1.54, 1.807) is 12.1 Å². The minimum absolute atomic E-state index is 0.0994. The molecule has 116 valence electrons. The number of amides is 1. The molecule has 0 aliphatic carbocycles. The number of rotatable bonds is 5. The van der Waals surface area contributed by atoms with E-state index in [9.17, 15) is 9.18 Å². The average Bonchev–Trinajstić information content (AvgIpc) is 2.59. The number of carbonyl (C=O) groups excluding carboxylic acids is 1. The third-order valence-corrected chi connectivity index (χ3v) is 3.36. The van der Waals surface area contributed by atoms with Gasteiger partial charge in [-0.15, -0.1) is 0 Å². The molecule has 1 heterocycles. The van der Waals surface area contributed by atoms with Crippen LogP contribution in [0.1, 0.15) is 5.56 Å². The molecule has 1 aromatic heterocycles. The number of benzene rings is 2. The molecule has 0 saturated carbocycles. The Morgan fingerprint density at radius 3 is 2.65 bits per heavy atom. The van der Waals surface area contributed by atoms with E-state index >= 15 is 0 Å².